The quantitative estimate of drug-likeness (QED) is 0.350. The SMILES string of the molecule is CNc1ccc(Oc2ccc3c(c2)cc(C(=O)N2CCN(C(Cc4ccccc4)C4=COCO4)CC2)n3C)nc1. The highest BCUT2D eigenvalue weighted by molar-refractivity contribution is 5.99. The van der Waals surface area contributed by atoms with Gasteiger partial charge in [-0.2, -0.15) is 0 Å². The zero-order valence-electron chi connectivity index (χ0n) is 22.7. The van der Waals surface area contributed by atoms with Gasteiger partial charge in [-0.05, 0) is 42.3 Å². The molecule has 0 aliphatic carbocycles. The molecule has 40 heavy (non-hydrogen) atoms. The highest BCUT2D eigenvalue weighted by Gasteiger charge is 2.32. The molecule has 0 spiro atoms. The van der Waals surface area contributed by atoms with Crippen LogP contribution in [-0.4, -0.2) is 71.3 Å². The Labute approximate surface area is 233 Å². The Bertz CT molecular complexity index is 1510. The van der Waals surface area contributed by atoms with Crippen LogP contribution >= 0.6 is 0 Å². The van der Waals surface area contributed by atoms with Crippen molar-refractivity contribution in [1.82, 2.24) is 19.4 Å². The maximum Gasteiger partial charge on any atom is 0.270 e. The molecule has 0 bridgehead atoms. The number of benzene rings is 2. The predicted octanol–water partition coefficient (Wildman–Crippen LogP) is 4.62. The van der Waals surface area contributed by atoms with E-state index in [1.54, 1.807) is 12.5 Å². The van der Waals surface area contributed by atoms with E-state index in [1.165, 1.54) is 5.56 Å². The van der Waals surface area contributed by atoms with Crippen LogP contribution in [0.15, 0.2) is 84.9 Å². The molecule has 4 heterocycles. The maximum absolute atomic E-state index is 13.6. The van der Waals surface area contributed by atoms with Crippen LogP contribution in [0.3, 0.4) is 0 Å². The van der Waals surface area contributed by atoms with Gasteiger partial charge in [0.05, 0.1) is 17.9 Å². The molecule has 1 amide bonds. The van der Waals surface area contributed by atoms with Gasteiger partial charge >= 0.3 is 0 Å². The van der Waals surface area contributed by atoms with Crippen LogP contribution in [0.25, 0.3) is 10.9 Å². The Balaban J connectivity index is 1.14. The highest BCUT2D eigenvalue weighted by atomic mass is 16.7. The number of nitrogens with zero attached hydrogens (tertiary/aromatic N) is 4. The van der Waals surface area contributed by atoms with Gasteiger partial charge in [0, 0.05) is 57.2 Å². The molecule has 9 heteroatoms. The van der Waals surface area contributed by atoms with Crippen molar-refractivity contribution >= 4 is 22.5 Å². The summed E-state index contributed by atoms with van der Waals surface area (Å²) in [4.78, 5) is 22.3. The summed E-state index contributed by atoms with van der Waals surface area (Å²) in [6, 6.07) is 22.0. The molecule has 1 atom stereocenters. The third-order valence-corrected chi connectivity index (χ3v) is 7.62. The lowest BCUT2D eigenvalue weighted by Gasteiger charge is -2.39. The first-order chi connectivity index (χ1) is 19.6. The standard InChI is InChI=1S/C31H33N5O4/c1-32-24-8-11-30(33-19-24)40-25-9-10-26-23(17-25)18-28(34(26)2)31(37)36-14-12-35(13-15-36)27(29-20-38-21-39-29)16-22-6-4-3-5-7-22/h3-11,17-20,27,32H,12-16,21H2,1-2H3. The number of rotatable bonds is 8. The van der Waals surface area contributed by atoms with Gasteiger partial charge in [-0.1, -0.05) is 30.3 Å². The van der Waals surface area contributed by atoms with E-state index < -0.39 is 0 Å². The summed E-state index contributed by atoms with van der Waals surface area (Å²) < 4.78 is 19.1. The molecule has 4 aromatic rings. The molecular formula is C31H33N5O4. The van der Waals surface area contributed by atoms with Crippen molar-refractivity contribution in [1.29, 1.82) is 0 Å². The van der Waals surface area contributed by atoms with E-state index >= 15 is 0 Å². The normalized spacial score (nSPS) is 16.2. The number of ether oxygens (including phenoxy) is 3. The summed E-state index contributed by atoms with van der Waals surface area (Å²) in [6.07, 6.45) is 4.28. The number of carbonyl (C=O) groups excluding carboxylic acids is 1. The fraction of sp³-hybridized carbons (Fsp3) is 0.290. The molecule has 2 aliphatic rings. The minimum Gasteiger partial charge on any atom is -0.462 e. The van der Waals surface area contributed by atoms with Crippen molar-refractivity contribution < 1.29 is 19.0 Å². The molecule has 0 saturated carbocycles. The van der Waals surface area contributed by atoms with Crippen molar-refractivity contribution in [2.24, 2.45) is 7.05 Å². The second kappa shape index (κ2) is 11.3. The first-order valence-corrected chi connectivity index (χ1v) is 13.5. The fourth-order valence-electron chi connectivity index (χ4n) is 5.38. The predicted molar refractivity (Wildman–Crippen MR) is 153 cm³/mol. The van der Waals surface area contributed by atoms with Crippen LogP contribution in [0.1, 0.15) is 16.1 Å². The van der Waals surface area contributed by atoms with E-state index in [9.17, 15) is 4.79 Å². The largest absolute Gasteiger partial charge is 0.462 e. The van der Waals surface area contributed by atoms with Gasteiger partial charge in [0.1, 0.15) is 17.7 Å². The molecule has 2 aromatic heterocycles. The lowest BCUT2D eigenvalue weighted by molar-refractivity contribution is 0.0404. The summed E-state index contributed by atoms with van der Waals surface area (Å²) in [5, 5.41) is 3.99. The van der Waals surface area contributed by atoms with Crippen molar-refractivity contribution in [3.8, 4) is 11.6 Å². The third-order valence-electron chi connectivity index (χ3n) is 7.62. The van der Waals surface area contributed by atoms with Gasteiger partial charge in [0.15, 0.2) is 5.76 Å². The van der Waals surface area contributed by atoms with E-state index in [1.807, 2.05) is 66.0 Å². The number of amides is 1. The Morgan fingerprint density at radius 2 is 1.88 bits per heavy atom. The van der Waals surface area contributed by atoms with Crippen molar-refractivity contribution in [2.45, 2.75) is 12.5 Å². The van der Waals surface area contributed by atoms with E-state index in [4.69, 9.17) is 14.2 Å². The first kappa shape index (κ1) is 25.8. The van der Waals surface area contributed by atoms with Gasteiger partial charge in [0.2, 0.25) is 12.7 Å². The molecule has 1 N–H and O–H groups in total. The lowest BCUT2D eigenvalue weighted by Crippen LogP contribution is -2.53. The summed E-state index contributed by atoms with van der Waals surface area (Å²) in [5.41, 5.74) is 3.79. The number of pyridine rings is 1. The minimum absolute atomic E-state index is 0.0319. The van der Waals surface area contributed by atoms with E-state index in [0.717, 1.165) is 41.9 Å². The van der Waals surface area contributed by atoms with Crippen molar-refractivity contribution in [3.05, 3.63) is 96.2 Å². The monoisotopic (exact) mass is 539 g/mol. The molecule has 1 fully saturated rings. The lowest BCUT2D eigenvalue weighted by atomic mass is 10.0. The number of hydrogen-bond donors (Lipinski definition) is 1. The third kappa shape index (κ3) is 5.33. The molecule has 6 rings (SSSR count). The number of aromatic nitrogens is 2. The number of fused-ring (bicyclic) bond motifs is 1. The number of hydrogen-bond acceptors (Lipinski definition) is 7. The summed E-state index contributed by atoms with van der Waals surface area (Å²) in [7, 11) is 3.78. The molecule has 2 aliphatic heterocycles. The number of carbonyl (C=O) groups is 1. The van der Waals surface area contributed by atoms with Crippen molar-refractivity contribution in [3.63, 3.8) is 0 Å². The fourth-order valence-corrected chi connectivity index (χ4v) is 5.38. The number of aryl methyl sites for hydroxylation is 1. The van der Waals surface area contributed by atoms with E-state index in [0.29, 0.717) is 30.4 Å². The molecule has 1 unspecified atom stereocenters. The first-order valence-electron chi connectivity index (χ1n) is 13.5. The van der Waals surface area contributed by atoms with Crippen LogP contribution in [0.2, 0.25) is 0 Å². The van der Waals surface area contributed by atoms with E-state index in [2.05, 4.69) is 39.5 Å². The average molecular weight is 540 g/mol. The topological polar surface area (TPSA) is 81.1 Å². The van der Waals surface area contributed by atoms with Gasteiger partial charge < -0.3 is 29.0 Å². The molecule has 9 nitrogen and oxygen atoms in total. The van der Waals surface area contributed by atoms with Crippen LogP contribution in [0, 0.1) is 0 Å². The average Bonchev–Trinajstić information content (AvgIpc) is 3.65. The van der Waals surface area contributed by atoms with Crippen LogP contribution < -0.4 is 10.1 Å². The number of anilines is 1. The van der Waals surface area contributed by atoms with E-state index in [-0.39, 0.29) is 18.7 Å². The smallest absolute Gasteiger partial charge is 0.270 e. The maximum atomic E-state index is 13.6. The van der Waals surface area contributed by atoms with Crippen molar-refractivity contribution in [2.75, 3.05) is 45.3 Å². The van der Waals surface area contributed by atoms with Gasteiger partial charge in [-0.3, -0.25) is 9.69 Å². The zero-order valence-corrected chi connectivity index (χ0v) is 22.7. The molecule has 1 saturated heterocycles. The summed E-state index contributed by atoms with van der Waals surface area (Å²) >= 11 is 0. The molecular weight excluding hydrogens is 506 g/mol. The van der Waals surface area contributed by atoms with Gasteiger partial charge in [0.25, 0.3) is 5.91 Å². The van der Waals surface area contributed by atoms with Gasteiger partial charge in [-0.25, -0.2) is 4.98 Å². The second-order valence-corrected chi connectivity index (χ2v) is 10.0. The van der Waals surface area contributed by atoms with Crippen LogP contribution in [0.4, 0.5) is 5.69 Å². The number of nitrogens with one attached hydrogen (secondary N) is 1. The zero-order chi connectivity index (χ0) is 27.5. The Hall–Kier alpha value is -4.50. The number of piperazine rings is 1. The summed E-state index contributed by atoms with van der Waals surface area (Å²) in [5.74, 6) is 2.07. The molecule has 206 valence electrons. The summed E-state index contributed by atoms with van der Waals surface area (Å²) in [6.45, 7) is 3.05. The second-order valence-electron chi connectivity index (χ2n) is 10.0. The minimum atomic E-state index is 0.0319. The Morgan fingerprint density at radius 3 is 2.58 bits per heavy atom. The van der Waals surface area contributed by atoms with Crippen LogP contribution in [0.5, 0.6) is 11.6 Å². The highest BCUT2D eigenvalue weighted by Crippen LogP contribution is 2.28. The van der Waals surface area contributed by atoms with Gasteiger partial charge in [-0.15, -0.1) is 0 Å². The Morgan fingerprint density at radius 1 is 1.05 bits per heavy atom. The van der Waals surface area contributed by atoms with Crippen LogP contribution in [-0.2, 0) is 22.9 Å². The Kier molecular flexibility index (Phi) is 7.29. The molecule has 0 radical (unpaired) electrons. The molecule has 2 aromatic carbocycles.